The topological polar surface area (TPSA) is 90.3 Å². The predicted octanol–water partition coefficient (Wildman–Crippen LogP) is 2.30. The van der Waals surface area contributed by atoms with E-state index in [4.69, 9.17) is 24.5 Å². The van der Waals surface area contributed by atoms with Crippen LogP contribution in [0.4, 0.5) is 0 Å². The van der Waals surface area contributed by atoms with E-state index in [1.807, 2.05) is 6.07 Å². The molecule has 1 saturated carbocycles. The zero-order chi connectivity index (χ0) is 19.6. The molecule has 0 amide bonds. The Morgan fingerprint density at radius 2 is 1.67 bits per heavy atom. The number of carboxylic acids is 2. The van der Waals surface area contributed by atoms with Gasteiger partial charge in [-0.2, -0.15) is 0 Å². The molecule has 1 aromatic rings. The van der Waals surface area contributed by atoms with E-state index < -0.39 is 11.9 Å². The molecule has 0 unspecified atom stereocenters. The Hall–Kier alpha value is -2.12. The molecule has 7 nitrogen and oxygen atoms in total. The summed E-state index contributed by atoms with van der Waals surface area (Å²) < 4.78 is 5.31. The normalized spacial score (nSPS) is 19.0. The fourth-order valence-electron chi connectivity index (χ4n) is 3.76. The summed E-state index contributed by atoms with van der Waals surface area (Å²) in [6.07, 6.45) is 7.18. The summed E-state index contributed by atoms with van der Waals surface area (Å²) in [5.74, 6) is -2.68. The number of rotatable bonds is 4. The molecule has 150 valence electrons. The van der Waals surface area contributed by atoms with Crippen molar-refractivity contribution < 1.29 is 24.5 Å². The summed E-state index contributed by atoms with van der Waals surface area (Å²) in [6.45, 7) is 5.94. The van der Waals surface area contributed by atoms with Crippen molar-refractivity contribution in [2.75, 3.05) is 33.3 Å². The van der Waals surface area contributed by atoms with Crippen LogP contribution in [0.15, 0.2) is 24.3 Å². The summed E-state index contributed by atoms with van der Waals surface area (Å²) in [5, 5.41) is 14.8. The zero-order valence-electron chi connectivity index (χ0n) is 16.0. The number of piperazine rings is 1. The van der Waals surface area contributed by atoms with E-state index >= 15 is 0 Å². The van der Waals surface area contributed by atoms with Gasteiger partial charge in [0, 0.05) is 38.8 Å². The first-order valence-electron chi connectivity index (χ1n) is 9.55. The number of carboxylic acid groups (broad SMARTS) is 2. The molecule has 1 aliphatic heterocycles. The lowest BCUT2D eigenvalue weighted by molar-refractivity contribution is -0.159. The van der Waals surface area contributed by atoms with E-state index in [9.17, 15) is 0 Å². The number of ether oxygens (including phenoxy) is 1. The Morgan fingerprint density at radius 1 is 1.04 bits per heavy atom. The van der Waals surface area contributed by atoms with Gasteiger partial charge in [-0.15, -0.1) is 0 Å². The van der Waals surface area contributed by atoms with E-state index in [1.165, 1.54) is 63.8 Å². The van der Waals surface area contributed by atoms with Gasteiger partial charge in [-0.25, -0.2) is 9.59 Å². The lowest BCUT2D eigenvalue weighted by Crippen LogP contribution is -2.50. The van der Waals surface area contributed by atoms with Crippen molar-refractivity contribution in [1.82, 2.24) is 9.80 Å². The Kier molecular flexibility index (Phi) is 8.54. The van der Waals surface area contributed by atoms with Crippen LogP contribution in [0.1, 0.15) is 37.7 Å². The molecule has 2 N–H and O–H groups in total. The molecule has 3 rings (SSSR count). The highest BCUT2D eigenvalue weighted by molar-refractivity contribution is 6.27. The van der Waals surface area contributed by atoms with E-state index in [-0.39, 0.29) is 0 Å². The molecule has 0 aromatic heterocycles. The first kappa shape index (κ1) is 21.2. The molecular weight excluding hydrogens is 348 g/mol. The van der Waals surface area contributed by atoms with E-state index in [2.05, 4.69) is 28.0 Å². The van der Waals surface area contributed by atoms with Crippen molar-refractivity contribution in [3.63, 3.8) is 0 Å². The Morgan fingerprint density at radius 3 is 2.22 bits per heavy atom. The maximum Gasteiger partial charge on any atom is 0.414 e. The van der Waals surface area contributed by atoms with Crippen molar-refractivity contribution in [1.29, 1.82) is 0 Å². The third-order valence-corrected chi connectivity index (χ3v) is 5.22. The lowest BCUT2D eigenvalue weighted by atomic mass is 9.94. The minimum Gasteiger partial charge on any atom is -0.497 e. The van der Waals surface area contributed by atoms with Gasteiger partial charge in [-0.05, 0) is 30.5 Å². The second kappa shape index (κ2) is 10.9. The molecule has 1 heterocycles. The smallest absolute Gasteiger partial charge is 0.414 e. The summed E-state index contributed by atoms with van der Waals surface area (Å²) in [6, 6.07) is 9.35. The molecule has 7 heteroatoms. The molecule has 0 bridgehead atoms. The predicted molar refractivity (Wildman–Crippen MR) is 102 cm³/mol. The molecule has 0 radical (unpaired) electrons. The average Bonchev–Trinajstić information content (AvgIpc) is 2.70. The van der Waals surface area contributed by atoms with Crippen LogP contribution in [0.2, 0.25) is 0 Å². The van der Waals surface area contributed by atoms with Gasteiger partial charge >= 0.3 is 11.9 Å². The number of methoxy groups -OCH3 is 1. The first-order chi connectivity index (χ1) is 13.0. The van der Waals surface area contributed by atoms with Crippen LogP contribution in [0.3, 0.4) is 0 Å². The van der Waals surface area contributed by atoms with Gasteiger partial charge in [0.05, 0.1) is 7.11 Å². The van der Waals surface area contributed by atoms with Crippen molar-refractivity contribution in [3.8, 4) is 5.75 Å². The van der Waals surface area contributed by atoms with Crippen LogP contribution in [0.25, 0.3) is 0 Å². The summed E-state index contributed by atoms with van der Waals surface area (Å²) in [7, 11) is 1.74. The zero-order valence-corrected chi connectivity index (χ0v) is 16.0. The second-order valence-electron chi connectivity index (χ2n) is 7.07. The van der Waals surface area contributed by atoms with Gasteiger partial charge in [-0.1, -0.05) is 31.4 Å². The molecule has 1 aromatic carbocycles. The number of hydrogen-bond acceptors (Lipinski definition) is 5. The fourth-order valence-corrected chi connectivity index (χ4v) is 3.76. The Balaban J connectivity index is 0.000000380. The highest BCUT2D eigenvalue weighted by Crippen LogP contribution is 2.24. The molecule has 1 aliphatic carbocycles. The SMILES string of the molecule is COc1cccc(CN2CCN(C3CCCCC3)CC2)c1.O=C(O)C(=O)O. The maximum atomic E-state index is 9.10. The van der Waals surface area contributed by atoms with Crippen molar-refractivity contribution in [2.45, 2.75) is 44.7 Å². The van der Waals surface area contributed by atoms with Crippen LogP contribution >= 0.6 is 0 Å². The van der Waals surface area contributed by atoms with E-state index in [0.29, 0.717) is 0 Å². The number of carbonyl (C=O) groups is 2. The molecular formula is C20H30N2O5. The van der Waals surface area contributed by atoms with Gasteiger partial charge in [0.2, 0.25) is 0 Å². The summed E-state index contributed by atoms with van der Waals surface area (Å²) in [5.41, 5.74) is 1.36. The first-order valence-corrected chi connectivity index (χ1v) is 9.55. The standard InChI is InChI=1S/C18H28N2O.C2H2O4/c1-21-18-9-5-6-16(14-18)15-19-10-12-20(13-11-19)17-7-3-2-4-8-17;3-1(4)2(5)6/h5-6,9,14,17H,2-4,7-8,10-13,15H2,1H3;(H,3,4)(H,5,6). The van der Waals surface area contributed by atoms with Crippen LogP contribution < -0.4 is 4.74 Å². The van der Waals surface area contributed by atoms with Gasteiger partial charge in [-0.3, -0.25) is 9.80 Å². The summed E-state index contributed by atoms with van der Waals surface area (Å²) in [4.78, 5) is 23.5. The van der Waals surface area contributed by atoms with Crippen LogP contribution in [0, 0.1) is 0 Å². The van der Waals surface area contributed by atoms with Crippen molar-refractivity contribution >= 4 is 11.9 Å². The third kappa shape index (κ3) is 7.19. The average molecular weight is 378 g/mol. The highest BCUT2D eigenvalue weighted by atomic mass is 16.5. The molecule has 0 spiro atoms. The van der Waals surface area contributed by atoms with Gasteiger partial charge < -0.3 is 14.9 Å². The van der Waals surface area contributed by atoms with Crippen molar-refractivity contribution in [2.24, 2.45) is 0 Å². The quantitative estimate of drug-likeness (QED) is 0.777. The van der Waals surface area contributed by atoms with Gasteiger partial charge in [0.15, 0.2) is 0 Å². The minimum atomic E-state index is -1.82. The Labute approximate surface area is 160 Å². The second-order valence-corrected chi connectivity index (χ2v) is 7.07. The highest BCUT2D eigenvalue weighted by Gasteiger charge is 2.24. The van der Waals surface area contributed by atoms with Crippen molar-refractivity contribution in [3.05, 3.63) is 29.8 Å². The molecule has 2 fully saturated rings. The van der Waals surface area contributed by atoms with E-state index in [1.54, 1.807) is 7.11 Å². The van der Waals surface area contributed by atoms with Gasteiger partial charge in [0.1, 0.15) is 5.75 Å². The number of nitrogens with zero attached hydrogens (tertiary/aromatic N) is 2. The molecule has 1 saturated heterocycles. The van der Waals surface area contributed by atoms with Gasteiger partial charge in [0.25, 0.3) is 0 Å². The largest absolute Gasteiger partial charge is 0.497 e. The number of benzene rings is 1. The molecule has 2 aliphatic rings. The fraction of sp³-hybridized carbons (Fsp3) is 0.600. The third-order valence-electron chi connectivity index (χ3n) is 5.22. The van der Waals surface area contributed by atoms with Crippen LogP contribution in [-0.4, -0.2) is 71.3 Å². The molecule has 0 atom stereocenters. The summed E-state index contributed by atoms with van der Waals surface area (Å²) >= 11 is 0. The molecule has 27 heavy (non-hydrogen) atoms. The van der Waals surface area contributed by atoms with Crippen LogP contribution in [-0.2, 0) is 16.1 Å². The monoisotopic (exact) mass is 378 g/mol. The maximum absolute atomic E-state index is 9.10. The lowest BCUT2D eigenvalue weighted by Gasteiger charge is -2.40. The number of hydrogen-bond donors (Lipinski definition) is 2. The minimum absolute atomic E-state index is 0.873. The number of aliphatic carboxylic acids is 2. The Bertz CT molecular complexity index is 596. The van der Waals surface area contributed by atoms with E-state index in [0.717, 1.165) is 18.3 Å². The van der Waals surface area contributed by atoms with Crippen LogP contribution in [0.5, 0.6) is 5.75 Å².